The van der Waals surface area contributed by atoms with E-state index in [4.69, 9.17) is 23.7 Å². The van der Waals surface area contributed by atoms with E-state index in [0.29, 0.717) is 22.9 Å². The first-order valence-corrected chi connectivity index (χ1v) is 8.54. The van der Waals surface area contributed by atoms with Gasteiger partial charge in [0, 0.05) is 11.1 Å². The number of benzene rings is 1. The number of carbonyl (C=O) groups excluding carboxylic acids is 3. The van der Waals surface area contributed by atoms with Crippen LogP contribution in [0.1, 0.15) is 42.5 Å². The number of methoxy groups -OCH3 is 3. The van der Waals surface area contributed by atoms with Gasteiger partial charge in [0.15, 0.2) is 11.5 Å². The van der Waals surface area contributed by atoms with Gasteiger partial charge in [-0.15, -0.1) is 0 Å². The highest BCUT2D eigenvalue weighted by Crippen LogP contribution is 2.42. The van der Waals surface area contributed by atoms with Crippen molar-refractivity contribution in [1.29, 1.82) is 0 Å². The number of aromatic nitrogens is 1. The molecule has 0 N–H and O–H groups in total. The lowest BCUT2D eigenvalue weighted by atomic mass is 9.89. The molecule has 152 valence electrons. The predicted octanol–water partition coefficient (Wildman–Crippen LogP) is 2.45. The molecule has 0 spiro atoms. The van der Waals surface area contributed by atoms with Crippen molar-refractivity contribution in [3.05, 3.63) is 40.2 Å². The third kappa shape index (κ3) is 3.35. The van der Waals surface area contributed by atoms with E-state index >= 15 is 0 Å². The van der Waals surface area contributed by atoms with Gasteiger partial charge in [-0.3, -0.25) is 4.98 Å². The number of nitrogens with zero attached hydrogens (tertiary/aromatic N) is 1. The summed E-state index contributed by atoms with van der Waals surface area (Å²) in [7, 11) is 3.65. The van der Waals surface area contributed by atoms with Crippen LogP contribution in [0.2, 0.25) is 0 Å². The molecule has 1 aliphatic rings. The molecule has 2 heterocycles. The monoisotopic (exact) mass is 401 g/mol. The number of aryl methyl sites for hydroxylation is 2. The molecule has 1 aliphatic heterocycles. The van der Waals surface area contributed by atoms with E-state index in [0.717, 1.165) is 0 Å². The molecule has 0 bridgehead atoms. The Hall–Kier alpha value is -3.62. The van der Waals surface area contributed by atoms with Crippen molar-refractivity contribution < 1.29 is 38.1 Å². The first-order valence-electron chi connectivity index (χ1n) is 8.54. The lowest BCUT2D eigenvalue weighted by molar-refractivity contribution is 0.0583. The van der Waals surface area contributed by atoms with Crippen molar-refractivity contribution in [2.24, 2.45) is 0 Å². The van der Waals surface area contributed by atoms with E-state index < -0.39 is 17.9 Å². The molecular weight excluding hydrogens is 382 g/mol. The first-order chi connectivity index (χ1) is 13.8. The van der Waals surface area contributed by atoms with Crippen molar-refractivity contribution in [2.45, 2.75) is 13.8 Å². The smallest absolute Gasteiger partial charge is 0.340 e. The molecule has 0 saturated carbocycles. The number of hydrogen-bond acceptors (Lipinski definition) is 9. The van der Waals surface area contributed by atoms with Crippen molar-refractivity contribution >= 4 is 17.9 Å². The fourth-order valence-corrected chi connectivity index (χ4v) is 3.25. The van der Waals surface area contributed by atoms with Gasteiger partial charge < -0.3 is 23.7 Å². The van der Waals surface area contributed by atoms with E-state index in [1.54, 1.807) is 13.8 Å². The highest BCUT2D eigenvalue weighted by atomic mass is 16.7. The highest BCUT2D eigenvalue weighted by molar-refractivity contribution is 6.10. The van der Waals surface area contributed by atoms with Crippen LogP contribution < -0.4 is 9.47 Å². The number of fused-ring (bicyclic) bond motifs is 1. The molecule has 0 unspecified atom stereocenters. The van der Waals surface area contributed by atoms with Gasteiger partial charge >= 0.3 is 17.9 Å². The van der Waals surface area contributed by atoms with Crippen LogP contribution in [0, 0.1) is 13.8 Å². The molecule has 0 atom stereocenters. The zero-order valence-corrected chi connectivity index (χ0v) is 16.6. The molecule has 0 saturated heterocycles. The number of esters is 3. The first kappa shape index (κ1) is 20.1. The summed E-state index contributed by atoms with van der Waals surface area (Å²) >= 11 is 0. The predicted molar refractivity (Wildman–Crippen MR) is 99.3 cm³/mol. The van der Waals surface area contributed by atoms with Crippen LogP contribution in [-0.2, 0) is 14.2 Å². The van der Waals surface area contributed by atoms with E-state index in [1.165, 1.54) is 33.5 Å². The summed E-state index contributed by atoms with van der Waals surface area (Å²) in [6, 6.07) is 2.96. The average Bonchev–Trinajstić information content (AvgIpc) is 3.18. The van der Waals surface area contributed by atoms with E-state index in [9.17, 15) is 14.4 Å². The van der Waals surface area contributed by atoms with Gasteiger partial charge in [-0.25, -0.2) is 14.4 Å². The van der Waals surface area contributed by atoms with Gasteiger partial charge in [-0.2, -0.15) is 0 Å². The van der Waals surface area contributed by atoms with Gasteiger partial charge in [-0.1, -0.05) is 0 Å². The van der Waals surface area contributed by atoms with E-state index in [1.807, 2.05) is 0 Å². The van der Waals surface area contributed by atoms with Crippen molar-refractivity contribution in [3.63, 3.8) is 0 Å². The third-order valence-corrected chi connectivity index (χ3v) is 4.53. The van der Waals surface area contributed by atoms with Crippen molar-refractivity contribution in [3.8, 4) is 22.6 Å². The number of hydrogen-bond donors (Lipinski definition) is 0. The quantitative estimate of drug-likeness (QED) is 0.563. The lowest BCUT2D eigenvalue weighted by Crippen LogP contribution is -2.17. The molecular formula is C20H19NO8. The molecule has 9 nitrogen and oxygen atoms in total. The minimum Gasteiger partial charge on any atom is -0.465 e. The number of rotatable bonds is 4. The van der Waals surface area contributed by atoms with Crippen LogP contribution in [-0.4, -0.2) is 51.0 Å². The Morgan fingerprint density at radius 2 is 1.31 bits per heavy atom. The minimum absolute atomic E-state index is 0.0263. The molecule has 1 aromatic heterocycles. The Balaban J connectivity index is 2.48. The molecule has 0 amide bonds. The average molecular weight is 401 g/mol. The second-order valence-electron chi connectivity index (χ2n) is 6.13. The standard InChI is InChI=1S/C20H19NO8/c1-9-15(19(23)26-4)17(16(10(2)21-9)20(24)27-5)11-6-13-14(29-8-28-13)7-12(11)18(22)25-3/h6-7H,8H2,1-5H3. The third-order valence-electron chi connectivity index (χ3n) is 4.53. The van der Waals surface area contributed by atoms with Gasteiger partial charge in [0.25, 0.3) is 0 Å². The van der Waals surface area contributed by atoms with Crippen LogP contribution in [0.15, 0.2) is 12.1 Å². The fourth-order valence-electron chi connectivity index (χ4n) is 3.25. The Labute approximate surface area is 166 Å². The Bertz CT molecular complexity index is 988. The van der Waals surface area contributed by atoms with Gasteiger partial charge in [0.2, 0.25) is 6.79 Å². The molecule has 3 rings (SSSR count). The summed E-state index contributed by atoms with van der Waals surface area (Å²) in [6.07, 6.45) is 0. The van der Waals surface area contributed by atoms with Crippen molar-refractivity contribution in [2.75, 3.05) is 28.1 Å². The summed E-state index contributed by atoms with van der Waals surface area (Å²) in [5.74, 6) is -1.42. The van der Waals surface area contributed by atoms with Crippen LogP contribution in [0.5, 0.6) is 11.5 Å². The molecule has 0 aliphatic carbocycles. The topological polar surface area (TPSA) is 110 Å². The van der Waals surface area contributed by atoms with Gasteiger partial charge in [-0.05, 0) is 26.0 Å². The Morgan fingerprint density at radius 1 is 0.828 bits per heavy atom. The Kier molecular flexibility index (Phi) is 5.40. The molecule has 2 aromatic rings. The highest BCUT2D eigenvalue weighted by Gasteiger charge is 2.32. The molecule has 0 fully saturated rings. The summed E-state index contributed by atoms with van der Waals surface area (Å²) < 4.78 is 25.5. The minimum atomic E-state index is -0.719. The maximum Gasteiger partial charge on any atom is 0.340 e. The summed E-state index contributed by atoms with van der Waals surface area (Å²) in [6.45, 7) is 3.19. The molecule has 0 radical (unpaired) electrons. The molecule has 9 heteroatoms. The van der Waals surface area contributed by atoms with E-state index in [-0.39, 0.29) is 34.6 Å². The maximum absolute atomic E-state index is 12.6. The summed E-state index contributed by atoms with van der Waals surface area (Å²) in [5.41, 5.74) is 1.17. The Morgan fingerprint density at radius 3 is 1.79 bits per heavy atom. The normalized spacial score (nSPS) is 11.8. The van der Waals surface area contributed by atoms with Crippen LogP contribution >= 0.6 is 0 Å². The lowest BCUT2D eigenvalue weighted by Gasteiger charge is -2.19. The molecule has 1 aromatic carbocycles. The van der Waals surface area contributed by atoms with Crippen LogP contribution in [0.25, 0.3) is 11.1 Å². The maximum atomic E-state index is 12.6. The van der Waals surface area contributed by atoms with Crippen molar-refractivity contribution in [1.82, 2.24) is 4.98 Å². The van der Waals surface area contributed by atoms with Crippen LogP contribution in [0.3, 0.4) is 0 Å². The summed E-state index contributed by atoms with van der Waals surface area (Å²) in [5, 5.41) is 0. The van der Waals surface area contributed by atoms with E-state index in [2.05, 4.69) is 4.98 Å². The van der Waals surface area contributed by atoms with Gasteiger partial charge in [0.05, 0.1) is 49.4 Å². The van der Waals surface area contributed by atoms with Crippen LogP contribution in [0.4, 0.5) is 0 Å². The summed E-state index contributed by atoms with van der Waals surface area (Å²) in [4.78, 5) is 42.0. The largest absolute Gasteiger partial charge is 0.465 e. The molecule has 29 heavy (non-hydrogen) atoms. The SMILES string of the molecule is COC(=O)c1cc2c(cc1-c1c(C(=O)OC)c(C)nc(C)c1C(=O)OC)OCO2. The fraction of sp³-hybridized carbons (Fsp3) is 0.300. The number of carbonyl (C=O) groups is 3. The van der Waals surface area contributed by atoms with Gasteiger partial charge in [0.1, 0.15) is 0 Å². The zero-order valence-electron chi connectivity index (χ0n) is 16.6. The second kappa shape index (κ2) is 7.78. The zero-order chi connectivity index (χ0) is 21.3. The number of ether oxygens (including phenoxy) is 5. The second-order valence-corrected chi connectivity index (χ2v) is 6.13. The number of pyridine rings is 1.